The zero-order valence-electron chi connectivity index (χ0n) is 8.04. The maximum atomic E-state index is 10.8. The second-order valence-corrected chi connectivity index (χ2v) is 2.70. The van der Waals surface area contributed by atoms with Gasteiger partial charge in [-0.25, -0.2) is 0 Å². The first-order chi connectivity index (χ1) is 6.74. The molecule has 0 bridgehead atoms. The Morgan fingerprint density at radius 2 is 2.57 bits per heavy atom. The summed E-state index contributed by atoms with van der Waals surface area (Å²) in [4.78, 5) is 10.8. The highest BCUT2D eigenvalue weighted by Gasteiger charge is 2.02. The van der Waals surface area contributed by atoms with Gasteiger partial charge in [0, 0.05) is 6.92 Å². The van der Waals surface area contributed by atoms with E-state index in [0.29, 0.717) is 18.0 Å². The lowest BCUT2D eigenvalue weighted by molar-refractivity contribution is -0.114. The van der Waals surface area contributed by atoms with Crippen molar-refractivity contribution in [2.24, 2.45) is 0 Å². The second-order valence-electron chi connectivity index (χ2n) is 2.70. The average Bonchev–Trinajstić information content (AvgIpc) is 2.16. The molecule has 0 saturated heterocycles. The summed E-state index contributed by atoms with van der Waals surface area (Å²) < 4.78 is 5.33. The van der Waals surface area contributed by atoms with Crippen LogP contribution in [0.5, 0.6) is 5.75 Å². The maximum absolute atomic E-state index is 10.8. The van der Waals surface area contributed by atoms with Crippen molar-refractivity contribution in [2.75, 3.05) is 11.9 Å². The van der Waals surface area contributed by atoms with Crippen molar-refractivity contribution in [1.29, 1.82) is 0 Å². The molecule has 0 heterocycles. The molecule has 1 radical (unpaired) electrons. The van der Waals surface area contributed by atoms with Gasteiger partial charge in [-0.2, -0.15) is 0 Å². The standard InChI is InChI=1S/C11H12NO2/c1-3-8-14-11-7-5-4-6-10(11)12-9(2)13/h3,5-7H,1,8H2,2H3,(H,12,13). The van der Waals surface area contributed by atoms with Crippen LogP contribution >= 0.6 is 0 Å². The molecule has 1 aromatic carbocycles. The molecule has 0 aliphatic carbocycles. The number of hydrogen-bond acceptors (Lipinski definition) is 2. The number of carbonyl (C=O) groups is 1. The number of benzene rings is 1. The molecular weight excluding hydrogens is 178 g/mol. The molecule has 0 spiro atoms. The highest BCUT2D eigenvalue weighted by molar-refractivity contribution is 5.90. The van der Waals surface area contributed by atoms with Gasteiger partial charge in [-0.15, -0.1) is 0 Å². The van der Waals surface area contributed by atoms with Gasteiger partial charge in [-0.3, -0.25) is 4.79 Å². The summed E-state index contributed by atoms with van der Waals surface area (Å²) in [6, 6.07) is 8.00. The zero-order chi connectivity index (χ0) is 10.4. The lowest BCUT2D eigenvalue weighted by Crippen LogP contribution is -2.07. The van der Waals surface area contributed by atoms with Crippen LogP contribution in [0.2, 0.25) is 0 Å². The van der Waals surface area contributed by atoms with E-state index in [9.17, 15) is 4.79 Å². The van der Waals surface area contributed by atoms with E-state index in [1.165, 1.54) is 6.92 Å². The molecule has 1 N–H and O–H groups in total. The normalized spacial score (nSPS) is 9.21. The fraction of sp³-hybridized carbons (Fsp3) is 0.182. The molecule has 73 valence electrons. The number of hydrogen-bond donors (Lipinski definition) is 1. The van der Waals surface area contributed by atoms with Gasteiger partial charge in [0.25, 0.3) is 0 Å². The van der Waals surface area contributed by atoms with Gasteiger partial charge >= 0.3 is 0 Å². The molecule has 1 aromatic rings. The largest absolute Gasteiger partial charge is 0.487 e. The lowest BCUT2D eigenvalue weighted by atomic mass is 10.3. The molecule has 0 fully saturated rings. The Bertz CT molecular complexity index is 334. The molecule has 0 aliphatic rings. The predicted molar refractivity (Wildman–Crippen MR) is 55.3 cm³/mol. The molecule has 3 heteroatoms. The summed E-state index contributed by atoms with van der Waals surface area (Å²) in [6.07, 6.45) is 1.65. The minimum Gasteiger partial charge on any atom is -0.487 e. The zero-order valence-corrected chi connectivity index (χ0v) is 8.04. The van der Waals surface area contributed by atoms with E-state index in [4.69, 9.17) is 4.74 Å². The van der Waals surface area contributed by atoms with Crippen LogP contribution in [-0.4, -0.2) is 12.5 Å². The van der Waals surface area contributed by atoms with E-state index in [1.54, 1.807) is 24.3 Å². The van der Waals surface area contributed by atoms with E-state index in [0.717, 1.165) is 0 Å². The Labute approximate surface area is 83.4 Å². The van der Waals surface area contributed by atoms with E-state index in [1.807, 2.05) is 0 Å². The topological polar surface area (TPSA) is 38.3 Å². The van der Waals surface area contributed by atoms with Crippen LogP contribution in [0.15, 0.2) is 30.9 Å². The summed E-state index contributed by atoms with van der Waals surface area (Å²) in [5.74, 6) is 0.493. The summed E-state index contributed by atoms with van der Waals surface area (Å²) in [7, 11) is 0. The SMILES string of the molecule is C=CCOc1cc[c]cc1NC(C)=O. The van der Waals surface area contributed by atoms with Crippen LogP contribution in [0, 0.1) is 6.07 Å². The van der Waals surface area contributed by atoms with Crippen LogP contribution < -0.4 is 10.1 Å². The van der Waals surface area contributed by atoms with Gasteiger partial charge in [-0.05, 0) is 18.2 Å². The summed E-state index contributed by atoms with van der Waals surface area (Å²) in [5, 5.41) is 2.65. The van der Waals surface area contributed by atoms with Gasteiger partial charge < -0.3 is 10.1 Å². The molecule has 14 heavy (non-hydrogen) atoms. The molecule has 1 amide bonds. The van der Waals surface area contributed by atoms with Crippen molar-refractivity contribution in [1.82, 2.24) is 0 Å². The lowest BCUT2D eigenvalue weighted by Gasteiger charge is -2.09. The highest BCUT2D eigenvalue weighted by atomic mass is 16.5. The van der Waals surface area contributed by atoms with E-state index in [2.05, 4.69) is 18.0 Å². The number of anilines is 1. The quantitative estimate of drug-likeness (QED) is 0.737. The van der Waals surface area contributed by atoms with Crippen molar-refractivity contribution in [2.45, 2.75) is 6.92 Å². The molecule has 0 unspecified atom stereocenters. The predicted octanol–water partition coefficient (Wildman–Crippen LogP) is 2.01. The second kappa shape index (κ2) is 5.07. The maximum Gasteiger partial charge on any atom is 0.221 e. The molecular formula is C11H12NO2. The Balaban J connectivity index is 2.79. The van der Waals surface area contributed by atoms with Crippen molar-refractivity contribution >= 4 is 11.6 Å². The Morgan fingerprint density at radius 3 is 3.21 bits per heavy atom. The van der Waals surface area contributed by atoms with Crippen LogP contribution in [0.3, 0.4) is 0 Å². The van der Waals surface area contributed by atoms with Gasteiger partial charge in [0.05, 0.1) is 5.69 Å². The number of rotatable bonds is 4. The minimum absolute atomic E-state index is 0.131. The van der Waals surface area contributed by atoms with E-state index < -0.39 is 0 Å². The summed E-state index contributed by atoms with van der Waals surface area (Å²) in [6.45, 7) is 5.41. The van der Waals surface area contributed by atoms with Gasteiger partial charge in [0.1, 0.15) is 12.4 Å². The van der Waals surface area contributed by atoms with Crippen molar-refractivity contribution in [3.63, 3.8) is 0 Å². The number of amides is 1. The molecule has 0 aromatic heterocycles. The third kappa shape index (κ3) is 2.94. The summed E-state index contributed by atoms with van der Waals surface area (Å²) >= 11 is 0. The fourth-order valence-electron chi connectivity index (χ4n) is 0.978. The van der Waals surface area contributed by atoms with Crippen molar-refractivity contribution < 1.29 is 9.53 Å². The monoisotopic (exact) mass is 190 g/mol. The first-order valence-corrected chi connectivity index (χ1v) is 4.25. The highest BCUT2D eigenvalue weighted by Crippen LogP contribution is 2.23. The molecule has 0 aliphatic heterocycles. The Kier molecular flexibility index (Phi) is 3.73. The van der Waals surface area contributed by atoms with E-state index >= 15 is 0 Å². The summed E-state index contributed by atoms with van der Waals surface area (Å²) in [5.41, 5.74) is 0.627. The third-order valence-corrected chi connectivity index (χ3v) is 1.49. The van der Waals surface area contributed by atoms with Crippen LogP contribution in [-0.2, 0) is 4.79 Å². The van der Waals surface area contributed by atoms with Crippen LogP contribution in [0.25, 0.3) is 0 Å². The molecule has 0 atom stereocenters. The number of nitrogens with one attached hydrogen (secondary N) is 1. The van der Waals surface area contributed by atoms with Gasteiger partial charge in [0.2, 0.25) is 5.91 Å². The smallest absolute Gasteiger partial charge is 0.221 e. The number of ether oxygens (including phenoxy) is 1. The average molecular weight is 190 g/mol. The third-order valence-electron chi connectivity index (χ3n) is 1.49. The molecule has 0 saturated carbocycles. The van der Waals surface area contributed by atoms with Gasteiger partial charge in [-0.1, -0.05) is 18.7 Å². The first-order valence-electron chi connectivity index (χ1n) is 4.25. The fourth-order valence-corrected chi connectivity index (χ4v) is 0.978. The Morgan fingerprint density at radius 1 is 1.79 bits per heavy atom. The number of carbonyl (C=O) groups excluding carboxylic acids is 1. The molecule has 1 rings (SSSR count). The van der Waals surface area contributed by atoms with Crippen LogP contribution in [0.1, 0.15) is 6.92 Å². The van der Waals surface area contributed by atoms with Crippen molar-refractivity contribution in [3.05, 3.63) is 36.9 Å². The van der Waals surface area contributed by atoms with E-state index in [-0.39, 0.29) is 5.91 Å². The van der Waals surface area contributed by atoms with Gasteiger partial charge in [0.15, 0.2) is 0 Å². The van der Waals surface area contributed by atoms with Crippen LogP contribution in [0.4, 0.5) is 5.69 Å². The Hall–Kier alpha value is -1.77. The van der Waals surface area contributed by atoms with Crippen molar-refractivity contribution in [3.8, 4) is 5.75 Å². The molecule has 3 nitrogen and oxygen atoms in total. The minimum atomic E-state index is -0.131. The first kappa shape index (κ1) is 10.3.